The second kappa shape index (κ2) is 6.74. The van der Waals surface area contributed by atoms with Crippen molar-refractivity contribution in [3.63, 3.8) is 0 Å². The average molecular weight is 327 g/mol. The Hall–Kier alpha value is -2.82. The van der Waals surface area contributed by atoms with E-state index in [1.54, 1.807) is 13.1 Å². The van der Waals surface area contributed by atoms with Crippen LogP contribution >= 0.6 is 0 Å². The summed E-state index contributed by atoms with van der Waals surface area (Å²) in [4.78, 5) is 16.3. The van der Waals surface area contributed by atoms with E-state index in [-0.39, 0.29) is 12.0 Å². The van der Waals surface area contributed by atoms with Crippen molar-refractivity contribution in [3.05, 3.63) is 77.5 Å². The number of halogens is 2. The third-order valence-corrected chi connectivity index (χ3v) is 3.74. The molecule has 3 nitrogen and oxygen atoms in total. The number of esters is 1. The summed E-state index contributed by atoms with van der Waals surface area (Å²) in [5.41, 5.74) is 1.71. The summed E-state index contributed by atoms with van der Waals surface area (Å²) >= 11 is 0. The molecule has 0 radical (unpaired) electrons. The first-order valence-electron chi connectivity index (χ1n) is 7.51. The molecule has 2 aromatic carbocycles. The topological polar surface area (TPSA) is 39.2 Å². The predicted octanol–water partition coefficient (Wildman–Crippen LogP) is 4.36. The van der Waals surface area contributed by atoms with E-state index in [2.05, 4.69) is 4.98 Å². The quantitative estimate of drug-likeness (QED) is 0.668. The Bertz CT molecular complexity index is 895. The third kappa shape index (κ3) is 3.56. The van der Waals surface area contributed by atoms with Gasteiger partial charge in [-0.05, 0) is 30.7 Å². The van der Waals surface area contributed by atoms with Crippen LogP contribution in [0, 0.1) is 11.6 Å². The minimum atomic E-state index is -0.757. The van der Waals surface area contributed by atoms with E-state index in [9.17, 15) is 13.6 Å². The summed E-state index contributed by atoms with van der Waals surface area (Å²) in [7, 11) is 0. The summed E-state index contributed by atoms with van der Waals surface area (Å²) in [6, 6.07) is 12.6. The molecule has 0 aliphatic heterocycles. The molecule has 0 saturated carbocycles. The molecule has 0 unspecified atom stereocenters. The third-order valence-electron chi connectivity index (χ3n) is 3.74. The van der Waals surface area contributed by atoms with Crippen molar-refractivity contribution in [1.29, 1.82) is 0 Å². The molecular formula is C19H15F2NO2. The van der Waals surface area contributed by atoms with Gasteiger partial charge in [-0.25, -0.2) is 8.78 Å². The van der Waals surface area contributed by atoms with Crippen molar-refractivity contribution < 1.29 is 18.3 Å². The number of rotatable bonds is 4. The lowest BCUT2D eigenvalue weighted by atomic mass is 10.1. The van der Waals surface area contributed by atoms with Gasteiger partial charge in [0.2, 0.25) is 0 Å². The molecule has 122 valence electrons. The molecule has 0 bridgehead atoms. The smallest absolute Gasteiger partial charge is 0.310 e. The fourth-order valence-corrected chi connectivity index (χ4v) is 2.44. The number of ether oxygens (including phenoxy) is 1. The molecular weight excluding hydrogens is 312 g/mol. The summed E-state index contributed by atoms with van der Waals surface area (Å²) in [5, 5.41) is 0.947. The average Bonchev–Trinajstić information content (AvgIpc) is 2.57. The minimum Gasteiger partial charge on any atom is -0.457 e. The summed E-state index contributed by atoms with van der Waals surface area (Å²) in [6.45, 7) is 1.73. The monoisotopic (exact) mass is 327 g/mol. The molecule has 3 aromatic rings. The first-order valence-corrected chi connectivity index (χ1v) is 7.51. The molecule has 1 atom stereocenters. The number of fused-ring (bicyclic) bond motifs is 1. The Morgan fingerprint density at radius 3 is 2.75 bits per heavy atom. The van der Waals surface area contributed by atoms with Crippen LogP contribution in [-0.2, 0) is 16.0 Å². The number of aromatic nitrogens is 1. The van der Waals surface area contributed by atoms with Gasteiger partial charge in [0.1, 0.15) is 17.7 Å². The normalized spacial score (nSPS) is 12.1. The highest BCUT2D eigenvalue weighted by Crippen LogP contribution is 2.21. The van der Waals surface area contributed by atoms with Crippen LogP contribution in [0.4, 0.5) is 8.78 Å². The molecule has 0 aliphatic rings. The lowest BCUT2D eigenvalue weighted by Crippen LogP contribution is -2.12. The number of hydrogen-bond donors (Lipinski definition) is 0. The molecule has 0 spiro atoms. The second-order valence-corrected chi connectivity index (χ2v) is 5.51. The van der Waals surface area contributed by atoms with Crippen molar-refractivity contribution in [1.82, 2.24) is 4.98 Å². The van der Waals surface area contributed by atoms with Crippen LogP contribution in [0.2, 0.25) is 0 Å². The van der Waals surface area contributed by atoms with Gasteiger partial charge in [0, 0.05) is 23.2 Å². The first-order chi connectivity index (χ1) is 11.5. The van der Waals surface area contributed by atoms with Crippen molar-refractivity contribution in [2.24, 2.45) is 0 Å². The van der Waals surface area contributed by atoms with E-state index in [4.69, 9.17) is 4.74 Å². The Morgan fingerprint density at radius 1 is 1.17 bits per heavy atom. The van der Waals surface area contributed by atoms with E-state index in [1.807, 2.05) is 30.3 Å². The van der Waals surface area contributed by atoms with Crippen molar-refractivity contribution in [3.8, 4) is 0 Å². The van der Waals surface area contributed by atoms with E-state index in [0.29, 0.717) is 0 Å². The van der Waals surface area contributed by atoms with Gasteiger partial charge < -0.3 is 4.74 Å². The van der Waals surface area contributed by atoms with E-state index in [1.165, 1.54) is 6.07 Å². The van der Waals surface area contributed by atoms with E-state index < -0.39 is 23.7 Å². The van der Waals surface area contributed by atoms with Gasteiger partial charge in [-0.15, -0.1) is 0 Å². The maximum atomic E-state index is 13.6. The van der Waals surface area contributed by atoms with Gasteiger partial charge in [-0.3, -0.25) is 9.78 Å². The first kappa shape index (κ1) is 16.1. The molecule has 1 aromatic heterocycles. The van der Waals surface area contributed by atoms with Crippen LogP contribution in [0.25, 0.3) is 10.9 Å². The van der Waals surface area contributed by atoms with Crippen molar-refractivity contribution in [2.75, 3.05) is 0 Å². The lowest BCUT2D eigenvalue weighted by molar-refractivity contribution is -0.147. The van der Waals surface area contributed by atoms with Crippen LogP contribution in [0.3, 0.4) is 0 Å². The fraction of sp³-hybridized carbons (Fsp3) is 0.158. The highest BCUT2D eigenvalue weighted by molar-refractivity contribution is 5.79. The Kier molecular flexibility index (Phi) is 4.51. The van der Waals surface area contributed by atoms with Crippen LogP contribution in [-0.4, -0.2) is 11.0 Å². The number of benzene rings is 2. The van der Waals surface area contributed by atoms with Crippen LogP contribution in [0.5, 0.6) is 0 Å². The van der Waals surface area contributed by atoms with Gasteiger partial charge in [0.25, 0.3) is 0 Å². The van der Waals surface area contributed by atoms with Gasteiger partial charge in [0.05, 0.1) is 11.9 Å². The molecule has 5 heteroatoms. The van der Waals surface area contributed by atoms with E-state index >= 15 is 0 Å². The van der Waals surface area contributed by atoms with Crippen LogP contribution in [0.15, 0.2) is 54.7 Å². The zero-order chi connectivity index (χ0) is 17.1. The highest BCUT2D eigenvalue weighted by Gasteiger charge is 2.15. The molecule has 0 saturated heterocycles. The van der Waals surface area contributed by atoms with Gasteiger partial charge >= 0.3 is 5.97 Å². The van der Waals surface area contributed by atoms with Gasteiger partial charge in [-0.2, -0.15) is 0 Å². The Morgan fingerprint density at radius 2 is 1.96 bits per heavy atom. The summed E-state index contributed by atoms with van der Waals surface area (Å²) < 4.78 is 31.8. The maximum Gasteiger partial charge on any atom is 0.310 e. The predicted molar refractivity (Wildman–Crippen MR) is 86.3 cm³/mol. The Balaban J connectivity index is 1.70. The molecule has 0 fully saturated rings. The second-order valence-electron chi connectivity index (χ2n) is 5.51. The molecule has 3 rings (SSSR count). The van der Waals surface area contributed by atoms with Gasteiger partial charge in [0.15, 0.2) is 0 Å². The zero-order valence-electron chi connectivity index (χ0n) is 13.0. The number of carbonyl (C=O) groups is 1. The number of nitrogens with zero attached hydrogens (tertiary/aromatic N) is 1. The largest absolute Gasteiger partial charge is 0.457 e. The molecule has 24 heavy (non-hydrogen) atoms. The molecule has 0 N–H and O–H groups in total. The van der Waals surface area contributed by atoms with Crippen LogP contribution in [0.1, 0.15) is 24.2 Å². The molecule has 0 aliphatic carbocycles. The van der Waals surface area contributed by atoms with E-state index in [0.717, 1.165) is 28.6 Å². The molecule has 0 amide bonds. The fourth-order valence-electron chi connectivity index (χ4n) is 2.44. The summed E-state index contributed by atoms with van der Waals surface area (Å²) in [6.07, 6.45) is 0.883. The molecule has 1 heterocycles. The SMILES string of the molecule is C[C@@H](OC(=O)Cc1ccc(F)cc1F)c1cnc2ccccc2c1. The Labute approximate surface area is 137 Å². The lowest BCUT2D eigenvalue weighted by Gasteiger charge is -2.14. The van der Waals surface area contributed by atoms with Crippen LogP contribution < -0.4 is 0 Å². The number of carbonyl (C=O) groups excluding carboxylic acids is 1. The van der Waals surface area contributed by atoms with Crippen molar-refractivity contribution in [2.45, 2.75) is 19.4 Å². The minimum absolute atomic E-state index is 0.102. The number of pyridine rings is 1. The number of hydrogen-bond acceptors (Lipinski definition) is 3. The number of para-hydroxylation sites is 1. The maximum absolute atomic E-state index is 13.6. The van der Waals surface area contributed by atoms with Gasteiger partial charge in [-0.1, -0.05) is 24.3 Å². The van der Waals surface area contributed by atoms with Crippen molar-refractivity contribution >= 4 is 16.9 Å². The zero-order valence-corrected chi connectivity index (χ0v) is 13.0. The highest BCUT2D eigenvalue weighted by atomic mass is 19.1. The summed E-state index contributed by atoms with van der Waals surface area (Å²) in [5.74, 6) is -2.02. The standard InChI is InChI=1S/C19H15F2NO2/c1-12(15-8-14-4-2-3-5-18(14)22-11-15)24-19(23)9-13-6-7-16(20)10-17(13)21/h2-8,10-12H,9H2,1H3/t12-/m1/s1.